The Morgan fingerprint density at radius 3 is 1.85 bits per heavy atom. The number of nitrogens with two attached hydrogens (primary N) is 1. The zero-order valence-electron chi connectivity index (χ0n) is 21.4. The Morgan fingerprint density at radius 2 is 1.36 bits per heavy atom. The van der Waals surface area contributed by atoms with Crippen LogP contribution in [-0.2, 0) is 29.8 Å². The zero-order chi connectivity index (χ0) is 29.2. The van der Waals surface area contributed by atoms with Crippen LogP contribution in [-0.4, -0.2) is 13.2 Å². The maximum atomic E-state index is 13.5. The Bertz CT molecular complexity index is 1070. The molecule has 2 aromatic carbocycles. The molecule has 0 unspecified atom stereocenters. The summed E-state index contributed by atoms with van der Waals surface area (Å²) in [5.41, 5.74) is 2.60. The molecule has 0 aliphatic heterocycles. The summed E-state index contributed by atoms with van der Waals surface area (Å²) < 4.78 is 126. The first-order chi connectivity index (χ1) is 18.0. The molecule has 3 atom stereocenters. The lowest BCUT2D eigenvalue weighted by Crippen LogP contribution is -2.37. The molecule has 39 heavy (non-hydrogen) atoms. The van der Waals surface area contributed by atoms with Gasteiger partial charge in [0.25, 0.3) is 0 Å². The van der Waals surface area contributed by atoms with Crippen molar-refractivity contribution in [2.24, 2.45) is 11.7 Å². The van der Waals surface area contributed by atoms with Gasteiger partial charge in [0.2, 0.25) is 0 Å². The van der Waals surface area contributed by atoms with E-state index in [0.29, 0.717) is 17.7 Å². The van der Waals surface area contributed by atoms with E-state index in [2.05, 4.69) is 5.32 Å². The second-order valence-electron chi connectivity index (χ2n) is 10.0. The number of methoxy groups -OCH3 is 1. The molecule has 3 N–H and O–H groups in total. The summed E-state index contributed by atoms with van der Waals surface area (Å²) in [4.78, 5) is 0. The highest BCUT2D eigenvalue weighted by molar-refractivity contribution is 5.37. The van der Waals surface area contributed by atoms with Gasteiger partial charge in [0.1, 0.15) is 0 Å². The molecular weight excluding hydrogens is 539 g/mol. The van der Waals surface area contributed by atoms with Gasteiger partial charge >= 0.3 is 18.5 Å². The van der Waals surface area contributed by atoms with Crippen molar-refractivity contribution in [1.82, 2.24) is 5.32 Å². The lowest BCUT2D eigenvalue weighted by atomic mass is 9.81. The van der Waals surface area contributed by atoms with Gasteiger partial charge in [0.15, 0.2) is 0 Å². The van der Waals surface area contributed by atoms with Gasteiger partial charge < -0.3 is 15.8 Å². The molecule has 1 fully saturated rings. The molecule has 0 spiro atoms. The zero-order valence-corrected chi connectivity index (χ0v) is 21.4. The molecule has 0 aromatic heterocycles. The van der Waals surface area contributed by atoms with Crippen molar-refractivity contribution in [1.29, 1.82) is 0 Å². The summed E-state index contributed by atoms with van der Waals surface area (Å²) in [5, 5.41) is 2.90. The van der Waals surface area contributed by atoms with E-state index in [0.717, 1.165) is 44.2 Å². The van der Waals surface area contributed by atoms with Gasteiger partial charge in [0, 0.05) is 25.7 Å². The van der Waals surface area contributed by atoms with Crippen molar-refractivity contribution >= 4 is 0 Å². The number of hydrogen-bond donors (Lipinski definition) is 2. The second kappa shape index (κ2) is 12.1. The normalized spacial score (nSPS) is 18.2. The average Bonchev–Trinajstić information content (AvgIpc) is 2.86. The minimum Gasteiger partial charge on any atom is -0.376 e. The highest BCUT2D eigenvalue weighted by Gasteiger charge is 2.38. The molecule has 0 radical (unpaired) electrons. The van der Waals surface area contributed by atoms with Crippen molar-refractivity contribution in [2.45, 2.75) is 82.3 Å². The van der Waals surface area contributed by atoms with Crippen LogP contribution < -0.4 is 11.1 Å². The molecule has 0 bridgehead atoms. The Morgan fingerprint density at radius 1 is 0.821 bits per heavy atom. The molecular formula is C27H31F9N2O. The fourth-order valence-corrected chi connectivity index (χ4v) is 5.08. The largest absolute Gasteiger partial charge is 0.416 e. The number of hydrogen-bond acceptors (Lipinski definition) is 3. The highest BCUT2D eigenvalue weighted by atomic mass is 19.4. The molecule has 0 amide bonds. The average molecular weight is 571 g/mol. The van der Waals surface area contributed by atoms with Crippen molar-refractivity contribution in [2.75, 3.05) is 7.11 Å². The summed E-state index contributed by atoms with van der Waals surface area (Å²) in [6.07, 6.45) is -10.4. The van der Waals surface area contributed by atoms with Gasteiger partial charge in [-0.1, -0.05) is 25.3 Å². The van der Waals surface area contributed by atoms with E-state index in [4.69, 9.17) is 10.5 Å². The number of ether oxygens (including phenoxy) is 1. The number of halogens is 9. The van der Waals surface area contributed by atoms with Crippen LogP contribution in [0.3, 0.4) is 0 Å². The summed E-state index contributed by atoms with van der Waals surface area (Å²) in [6.45, 7) is 1.28. The van der Waals surface area contributed by atoms with Gasteiger partial charge in [-0.2, -0.15) is 39.5 Å². The fraction of sp³-hybridized carbons (Fsp3) is 0.556. The highest BCUT2D eigenvalue weighted by Crippen LogP contribution is 2.40. The smallest absolute Gasteiger partial charge is 0.376 e. The van der Waals surface area contributed by atoms with E-state index in [1.165, 1.54) is 20.1 Å². The summed E-state index contributed by atoms with van der Waals surface area (Å²) >= 11 is 0. The van der Waals surface area contributed by atoms with Crippen molar-refractivity contribution < 1.29 is 44.3 Å². The van der Waals surface area contributed by atoms with Crippen LogP contribution in [0.5, 0.6) is 0 Å². The quantitative estimate of drug-likeness (QED) is 0.315. The SMILES string of the molecule is CO[C@H](c1ccc(C(F)(F)F)cc1CN[C@@H](C)[C@H](N)c1cc(C(F)(F)F)cc(C(F)(F)F)c1)C1CCCCC1. The van der Waals surface area contributed by atoms with Crippen LogP contribution in [0.15, 0.2) is 36.4 Å². The topological polar surface area (TPSA) is 47.3 Å². The third-order valence-corrected chi connectivity index (χ3v) is 7.26. The van der Waals surface area contributed by atoms with E-state index in [-0.39, 0.29) is 24.1 Å². The third kappa shape index (κ3) is 7.88. The molecule has 3 rings (SSSR count). The van der Waals surface area contributed by atoms with Gasteiger partial charge in [-0.25, -0.2) is 0 Å². The molecule has 0 saturated heterocycles. The maximum absolute atomic E-state index is 13.5. The van der Waals surface area contributed by atoms with Crippen LogP contribution in [0.4, 0.5) is 39.5 Å². The van der Waals surface area contributed by atoms with E-state index in [1.54, 1.807) is 0 Å². The first kappa shape index (κ1) is 31.2. The number of rotatable bonds is 8. The Hall–Kier alpha value is -2.31. The van der Waals surface area contributed by atoms with Crippen LogP contribution in [0.25, 0.3) is 0 Å². The first-order valence-electron chi connectivity index (χ1n) is 12.5. The minimum atomic E-state index is -5.03. The second-order valence-corrected chi connectivity index (χ2v) is 10.0. The molecule has 1 aliphatic carbocycles. The van der Waals surface area contributed by atoms with Crippen molar-refractivity contribution in [3.05, 3.63) is 69.8 Å². The predicted molar refractivity (Wildman–Crippen MR) is 127 cm³/mol. The number of nitrogens with one attached hydrogen (secondary N) is 1. The Labute approximate surface area is 220 Å². The molecule has 12 heteroatoms. The van der Waals surface area contributed by atoms with Gasteiger partial charge in [0.05, 0.1) is 22.8 Å². The molecule has 0 heterocycles. The standard InChI is InChI=1S/C27H31F9N2O/c1-15(23(37)17-10-20(26(31,32)33)13-21(11-17)27(34,35)36)38-14-18-12-19(25(28,29)30)8-9-22(18)24(39-2)16-6-4-3-5-7-16/h8-13,15-16,23-24,38H,3-7,14,37H2,1-2H3/t15-,23-,24-/m0/s1. The van der Waals surface area contributed by atoms with E-state index >= 15 is 0 Å². The van der Waals surface area contributed by atoms with E-state index < -0.39 is 59.0 Å². The van der Waals surface area contributed by atoms with Crippen molar-refractivity contribution in [3.63, 3.8) is 0 Å². The third-order valence-electron chi connectivity index (χ3n) is 7.26. The molecule has 218 valence electrons. The van der Waals surface area contributed by atoms with Crippen LogP contribution in [0.1, 0.15) is 84.6 Å². The summed E-state index contributed by atoms with van der Waals surface area (Å²) in [6, 6.07) is 2.24. The first-order valence-corrected chi connectivity index (χ1v) is 12.5. The Kier molecular flexibility index (Phi) is 9.65. The summed E-state index contributed by atoms with van der Waals surface area (Å²) in [7, 11) is 1.48. The lowest BCUT2D eigenvalue weighted by molar-refractivity contribution is -0.143. The van der Waals surface area contributed by atoms with E-state index in [1.807, 2.05) is 0 Å². The maximum Gasteiger partial charge on any atom is 0.416 e. The molecule has 2 aromatic rings. The fourth-order valence-electron chi connectivity index (χ4n) is 5.08. The van der Waals surface area contributed by atoms with Gasteiger partial charge in [-0.15, -0.1) is 0 Å². The number of benzene rings is 2. The van der Waals surface area contributed by atoms with E-state index in [9.17, 15) is 39.5 Å². The summed E-state index contributed by atoms with van der Waals surface area (Å²) in [5.74, 6) is 0.102. The van der Waals surface area contributed by atoms with Crippen molar-refractivity contribution in [3.8, 4) is 0 Å². The van der Waals surface area contributed by atoms with Gasteiger partial charge in [-0.05, 0) is 72.7 Å². The molecule has 1 saturated carbocycles. The van der Waals surface area contributed by atoms with Gasteiger partial charge in [-0.3, -0.25) is 0 Å². The van der Waals surface area contributed by atoms with Crippen LogP contribution >= 0.6 is 0 Å². The monoisotopic (exact) mass is 570 g/mol. The van der Waals surface area contributed by atoms with Crippen LogP contribution in [0.2, 0.25) is 0 Å². The van der Waals surface area contributed by atoms with Crippen LogP contribution in [0, 0.1) is 5.92 Å². The predicted octanol–water partition coefficient (Wildman–Crippen LogP) is 8.19. The number of alkyl halides is 9. The lowest BCUT2D eigenvalue weighted by Gasteiger charge is -2.31. The molecule has 1 aliphatic rings. The minimum absolute atomic E-state index is 0.0133. The Balaban J connectivity index is 1.90. The molecule has 3 nitrogen and oxygen atoms in total.